The molecule has 2 heteroatoms. The zero-order chi connectivity index (χ0) is 14.0. The predicted octanol–water partition coefficient (Wildman–Crippen LogP) is 4.09. The van der Waals surface area contributed by atoms with E-state index in [4.69, 9.17) is 0 Å². The molecule has 2 rings (SSSR count). The van der Waals surface area contributed by atoms with Crippen LogP contribution in [0.25, 0.3) is 0 Å². The summed E-state index contributed by atoms with van der Waals surface area (Å²) in [5.41, 5.74) is 1.95. The van der Waals surface area contributed by atoms with E-state index < -0.39 is 5.60 Å². The van der Waals surface area contributed by atoms with Crippen molar-refractivity contribution < 1.29 is 9.50 Å². The maximum atomic E-state index is 14.0. The number of hydrogen-bond donors (Lipinski definition) is 1. The van der Waals surface area contributed by atoms with E-state index in [0.717, 1.165) is 16.7 Å². The van der Waals surface area contributed by atoms with Gasteiger partial charge in [-0.1, -0.05) is 43.3 Å². The first-order valence-electron chi connectivity index (χ1n) is 6.54. The van der Waals surface area contributed by atoms with Gasteiger partial charge in [-0.2, -0.15) is 0 Å². The number of aryl methyl sites for hydroxylation is 1. The minimum absolute atomic E-state index is 0.339. The van der Waals surface area contributed by atoms with E-state index in [1.165, 1.54) is 6.07 Å². The Morgan fingerprint density at radius 2 is 1.63 bits per heavy atom. The summed E-state index contributed by atoms with van der Waals surface area (Å²) in [5, 5.41) is 11.0. The summed E-state index contributed by atoms with van der Waals surface area (Å²) in [6, 6.07) is 12.2. The van der Waals surface area contributed by atoms with Crippen LogP contribution in [-0.4, -0.2) is 5.11 Å². The minimum atomic E-state index is -1.28. The Bertz CT molecular complexity index is 592. The lowest BCUT2D eigenvalue weighted by atomic mass is 9.81. The molecule has 0 amide bonds. The van der Waals surface area contributed by atoms with Gasteiger partial charge in [-0.15, -0.1) is 0 Å². The first-order chi connectivity index (χ1) is 9.00. The van der Waals surface area contributed by atoms with E-state index in [1.54, 1.807) is 18.2 Å². The van der Waals surface area contributed by atoms with Crippen LogP contribution >= 0.6 is 0 Å². The first kappa shape index (κ1) is 13.8. The van der Waals surface area contributed by atoms with Gasteiger partial charge in [0.1, 0.15) is 11.4 Å². The molecule has 0 saturated carbocycles. The van der Waals surface area contributed by atoms with E-state index in [1.807, 2.05) is 39.0 Å². The van der Waals surface area contributed by atoms with Crippen LogP contribution in [0.3, 0.4) is 0 Å². The molecular formula is C17H19FO. The molecule has 1 N–H and O–H groups in total. The maximum Gasteiger partial charge on any atom is 0.129 e. The van der Waals surface area contributed by atoms with Gasteiger partial charge in [0.2, 0.25) is 0 Å². The first-order valence-corrected chi connectivity index (χ1v) is 6.54. The van der Waals surface area contributed by atoms with Gasteiger partial charge in [-0.3, -0.25) is 0 Å². The monoisotopic (exact) mass is 258 g/mol. The molecule has 2 aromatic rings. The van der Waals surface area contributed by atoms with Crippen molar-refractivity contribution in [2.45, 2.75) is 32.8 Å². The zero-order valence-electron chi connectivity index (χ0n) is 11.6. The minimum Gasteiger partial charge on any atom is -0.380 e. The highest BCUT2D eigenvalue weighted by molar-refractivity contribution is 5.43. The normalized spacial score (nSPS) is 14.2. The van der Waals surface area contributed by atoms with Crippen molar-refractivity contribution in [2.75, 3.05) is 0 Å². The molecule has 0 aliphatic heterocycles. The molecule has 0 aromatic heterocycles. The Hall–Kier alpha value is -1.67. The molecule has 19 heavy (non-hydrogen) atoms. The highest BCUT2D eigenvalue weighted by Crippen LogP contribution is 2.36. The van der Waals surface area contributed by atoms with Crippen molar-refractivity contribution in [1.29, 1.82) is 0 Å². The Balaban J connectivity index is 2.67. The molecule has 0 bridgehead atoms. The molecule has 0 spiro atoms. The van der Waals surface area contributed by atoms with Crippen LogP contribution in [0.5, 0.6) is 0 Å². The third kappa shape index (κ3) is 2.28. The lowest BCUT2D eigenvalue weighted by molar-refractivity contribution is 0.0718. The Labute approximate surface area is 113 Å². The zero-order valence-corrected chi connectivity index (χ0v) is 11.6. The van der Waals surface area contributed by atoms with E-state index in [2.05, 4.69) is 0 Å². The second kappa shape index (κ2) is 5.14. The molecule has 1 nitrogen and oxygen atoms in total. The van der Waals surface area contributed by atoms with Crippen molar-refractivity contribution in [2.24, 2.45) is 0 Å². The highest BCUT2D eigenvalue weighted by atomic mass is 19.1. The Kier molecular flexibility index (Phi) is 3.72. The summed E-state index contributed by atoms with van der Waals surface area (Å²) in [5.74, 6) is -0.368. The van der Waals surface area contributed by atoms with Crippen LogP contribution in [0.1, 0.15) is 35.6 Å². The summed E-state index contributed by atoms with van der Waals surface area (Å²) in [7, 11) is 0. The van der Waals surface area contributed by atoms with Crippen LogP contribution in [0.4, 0.5) is 4.39 Å². The number of rotatable bonds is 3. The van der Waals surface area contributed by atoms with E-state index >= 15 is 0 Å². The second-order valence-corrected chi connectivity index (χ2v) is 4.94. The van der Waals surface area contributed by atoms with Gasteiger partial charge in [-0.25, -0.2) is 4.39 Å². The fourth-order valence-electron chi connectivity index (χ4n) is 2.52. The molecule has 0 radical (unpaired) electrons. The molecule has 1 unspecified atom stereocenters. The van der Waals surface area contributed by atoms with E-state index in [-0.39, 0.29) is 5.82 Å². The summed E-state index contributed by atoms with van der Waals surface area (Å²) < 4.78 is 14.0. The number of hydrogen-bond acceptors (Lipinski definition) is 1. The molecule has 0 aliphatic rings. The average Bonchev–Trinajstić information content (AvgIpc) is 2.41. The van der Waals surface area contributed by atoms with E-state index in [0.29, 0.717) is 12.0 Å². The molecule has 0 saturated heterocycles. The molecule has 0 fully saturated rings. The fraction of sp³-hybridized carbons (Fsp3) is 0.294. The lowest BCUT2D eigenvalue weighted by Gasteiger charge is -2.30. The van der Waals surface area contributed by atoms with Crippen molar-refractivity contribution in [3.63, 3.8) is 0 Å². The third-order valence-electron chi connectivity index (χ3n) is 3.88. The van der Waals surface area contributed by atoms with Crippen LogP contribution in [0, 0.1) is 19.7 Å². The Morgan fingerprint density at radius 3 is 2.26 bits per heavy atom. The van der Waals surface area contributed by atoms with Gasteiger partial charge in [0.15, 0.2) is 0 Å². The van der Waals surface area contributed by atoms with Crippen molar-refractivity contribution in [3.8, 4) is 0 Å². The molecular weight excluding hydrogens is 239 g/mol. The topological polar surface area (TPSA) is 20.2 Å². The molecule has 1 atom stereocenters. The Morgan fingerprint density at radius 1 is 1.00 bits per heavy atom. The highest BCUT2D eigenvalue weighted by Gasteiger charge is 2.33. The molecule has 2 aromatic carbocycles. The summed E-state index contributed by atoms with van der Waals surface area (Å²) in [6.07, 6.45) is 0.429. The standard InChI is InChI=1S/C17H19FO/c1-4-17(19,15-9-5-6-11-16(15)18)14-10-7-8-12(2)13(14)3/h5-11,19H,4H2,1-3H3. The van der Waals surface area contributed by atoms with Crippen LogP contribution in [0.15, 0.2) is 42.5 Å². The molecule has 100 valence electrons. The lowest BCUT2D eigenvalue weighted by Crippen LogP contribution is -2.28. The smallest absolute Gasteiger partial charge is 0.129 e. The summed E-state index contributed by atoms with van der Waals surface area (Å²) in [6.45, 7) is 5.83. The number of aliphatic hydroxyl groups is 1. The number of halogens is 1. The summed E-state index contributed by atoms with van der Waals surface area (Å²) in [4.78, 5) is 0. The largest absolute Gasteiger partial charge is 0.380 e. The fourth-order valence-corrected chi connectivity index (χ4v) is 2.52. The predicted molar refractivity (Wildman–Crippen MR) is 75.6 cm³/mol. The SMILES string of the molecule is CCC(O)(c1ccccc1F)c1cccc(C)c1C. The maximum absolute atomic E-state index is 14.0. The van der Waals surface area contributed by atoms with Crippen molar-refractivity contribution in [3.05, 3.63) is 70.5 Å². The van der Waals surface area contributed by atoms with Gasteiger partial charge >= 0.3 is 0 Å². The van der Waals surface area contributed by atoms with Crippen LogP contribution < -0.4 is 0 Å². The molecule has 0 heterocycles. The van der Waals surface area contributed by atoms with Gasteiger partial charge in [0.05, 0.1) is 0 Å². The summed E-state index contributed by atoms with van der Waals surface area (Å²) >= 11 is 0. The van der Waals surface area contributed by atoms with Gasteiger partial charge in [0.25, 0.3) is 0 Å². The molecule has 0 aliphatic carbocycles. The van der Waals surface area contributed by atoms with Gasteiger partial charge in [-0.05, 0) is 43.0 Å². The quantitative estimate of drug-likeness (QED) is 0.879. The van der Waals surface area contributed by atoms with Gasteiger partial charge < -0.3 is 5.11 Å². The third-order valence-corrected chi connectivity index (χ3v) is 3.88. The van der Waals surface area contributed by atoms with Crippen molar-refractivity contribution >= 4 is 0 Å². The van der Waals surface area contributed by atoms with Crippen LogP contribution in [0.2, 0.25) is 0 Å². The van der Waals surface area contributed by atoms with Crippen molar-refractivity contribution in [1.82, 2.24) is 0 Å². The van der Waals surface area contributed by atoms with Gasteiger partial charge in [0, 0.05) is 5.56 Å². The van der Waals surface area contributed by atoms with Crippen LogP contribution in [-0.2, 0) is 5.60 Å². The van der Waals surface area contributed by atoms with E-state index in [9.17, 15) is 9.50 Å². The average molecular weight is 258 g/mol. The number of benzene rings is 2. The second-order valence-electron chi connectivity index (χ2n) is 4.94.